The first-order chi connectivity index (χ1) is 12.2. The third-order valence-electron chi connectivity index (χ3n) is 3.63. The molecule has 0 unspecified atom stereocenters. The Morgan fingerprint density at radius 2 is 1.08 bits per heavy atom. The fourth-order valence-corrected chi connectivity index (χ4v) is 2.29. The molecule has 0 aliphatic heterocycles. The van der Waals surface area contributed by atoms with Gasteiger partial charge >= 0.3 is 0 Å². The van der Waals surface area contributed by atoms with Gasteiger partial charge in [0, 0.05) is 13.2 Å². The summed E-state index contributed by atoms with van der Waals surface area (Å²) in [7, 11) is 0. The second-order valence-electron chi connectivity index (χ2n) is 5.59. The van der Waals surface area contributed by atoms with Crippen molar-refractivity contribution < 1.29 is 9.47 Å². The molecule has 0 aliphatic carbocycles. The molecule has 0 radical (unpaired) electrons. The van der Waals surface area contributed by atoms with Gasteiger partial charge in [-0.1, -0.05) is 60.2 Å². The number of hydrogen-bond donors (Lipinski definition) is 0. The van der Waals surface area contributed by atoms with Crippen molar-refractivity contribution in [2.45, 2.75) is 20.8 Å². The molecule has 0 fully saturated rings. The van der Waals surface area contributed by atoms with Gasteiger partial charge in [0.2, 0.25) is 0 Å². The maximum atomic E-state index is 5.82. The van der Waals surface area contributed by atoms with E-state index < -0.39 is 0 Å². The second kappa shape index (κ2) is 10.3. The van der Waals surface area contributed by atoms with Crippen LogP contribution in [-0.2, 0) is 4.74 Å². The van der Waals surface area contributed by atoms with E-state index >= 15 is 0 Å². The maximum absolute atomic E-state index is 5.82. The molecule has 0 saturated carbocycles. The van der Waals surface area contributed by atoms with Crippen LogP contribution in [-0.4, -0.2) is 13.2 Å². The SMILES string of the molecule is CCOCC.Cc1ccc(Oc2ccc(-c3ccccc3)cc2)cc1. The van der Waals surface area contributed by atoms with E-state index in [2.05, 4.69) is 31.2 Å². The molecule has 25 heavy (non-hydrogen) atoms. The summed E-state index contributed by atoms with van der Waals surface area (Å²) in [4.78, 5) is 0. The van der Waals surface area contributed by atoms with Crippen LogP contribution in [0.25, 0.3) is 11.1 Å². The van der Waals surface area contributed by atoms with Crippen LogP contribution in [0.3, 0.4) is 0 Å². The van der Waals surface area contributed by atoms with Crippen molar-refractivity contribution in [3.63, 3.8) is 0 Å². The maximum Gasteiger partial charge on any atom is 0.127 e. The molecular formula is C23H26O2. The van der Waals surface area contributed by atoms with Crippen molar-refractivity contribution in [3.05, 3.63) is 84.4 Å². The summed E-state index contributed by atoms with van der Waals surface area (Å²) in [5.74, 6) is 1.72. The molecule has 0 heterocycles. The zero-order chi connectivity index (χ0) is 17.9. The Morgan fingerprint density at radius 3 is 1.56 bits per heavy atom. The lowest BCUT2D eigenvalue weighted by Gasteiger charge is -2.07. The van der Waals surface area contributed by atoms with Crippen LogP contribution in [0, 0.1) is 6.92 Å². The van der Waals surface area contributed by atoms with E-state index in [0.29, 0.717) is 0 Å². The Hall–Kier alpha value is -2.58. The molecule has 0 amide bonds. The topological polar surface area (TPSA) is 18.5 Å². The molecule has 0 saturated heterocycles. The Labute approximate surface area is 151 Å². The van der Waals surface area contributed by atoms with Crippen LogP contribution < -0.4 is 4.74 Å². The van der Waals surface area contributed by atoms with E-state index in [-0.39, 0.29) is 0 Å². The normalized spacial score (nSPS) is 9.88. The summed E-state index contributed by atoms with van der Waals surface area (Å²) in [6, 6.07) is 26.6. The van der Waals surface area contributed by atoms with Crippen molar-refractivity contribution in [1.82, 2.24) is 0 Å². The Bertz CT molecular complexity index is 714. The van der Waals surface area contributed by atoms with Gasteiger partial charge in [-0.15, -0.1) is 0 Å². The summed E-state index contributed by atoms with van der Waals surface area (Å²) in [5, 5.41) is 0. The van der Waals surface area contributed by atoms with Gasteiger partial charge in [-0.3, -0.25) is 0 Å². The van der Waals surface area contributed by atoms with Crippen molar-refractivity contribution in [3.8, 4) is 22.6 Å². The largest absolute Gasteiger partial charge is 0.457 e. The highest BCUT2D eigenvalue weighted by molar-refractivity contribution is 5.64. The van der Waals surface area contributed by atoms with Crippen LogP contribution in [0.1, 0.15) is 19.4 Å². The summed E-state index contributed by atoms with van der Waals surface area (Å²) >= 11 is 0. The third kappa shape index (κ3) is 6.44. The van der Waals surface area contributed by atoms with Gasteiger partial charge in [-0.25, -0.2) is 0 Å². The number of benzene rings is 3. The van der Waals surface area contributed by atoms with E-state index in [9.17, 15) is 0 Å². The first-order valence-corrected chi connectivity index (χ1v) is 8.70. The van der Waals surface area contributed by atoms with Crippen LogP contribution in [0.2, 0.25) is 0 Å². The molecular weight excluding hydrogens is 308 g/mol. The number of ether oxygens (including phenoxy) is 2. The molecule has 0 aliphatic rings. The third-order valence-corrected chi connectivity index (χ3v) is 3.63. The highest BCUT2D eigenvalue weighted by Gasteiger charge is 1.99. The van der Waals surface area contributed by atoms with Gasteiger partial charge in [0.15, 0.2) is 0 Å². The smallest absolute Gasteiger partial charge is 0.127 e. The van der Waals surface area contributed by atoms with E-state index in [1.807, 2.05) is 68.4 Å². The molecule has 0 spiro atoms. The number of aryl methyl sites for hydroxylation is 1. The molecule has 0 N–H and O–H groups in total. The molecule has 0 bridgehead atoms. The Morgan fingerprint density at radius 1 is 0.600 bits per heavy atom. The van der Waals surface area contributed by atoms with E-state index in [0.717, 1.165) is 24.7 Å². The highest BCUT2D eigenvalue weighted by Crippen LogP contribution is 2.25. The van der Waals surface area contributed by atoms with Gasteiger partial charge in [-0.05, 0) is 56.2 Å². The molecule has 0 atom stereocenters. The molecule has 3 aromatic carbocycles. The van der Waals surface area contributed by atoms with Crippen molar-refractivity contribution in [1.29, 1.82) is 0 Å². The monoisotopic (exact) mass is 334 g/mol. The molecule has 2 nitrogen and oxygen atoms in total. The van der Waals surface area contributed by atoms with Crippen LogP contribution in [0.15, 0.2) is 78.9 Å². The van der Waals surface area contributed by atoms with Gasteiger partial charge in [0.1, 0.15) is 11.5 Å². The van der Waals surface area contributed by atoms with Crippen molar-refractivity contribution in [2.24, 2.45) is 0 Å². The predicted octanol–water partition coefficient (Wildman–Crippen LogP) is 6.50. The summed E-state index contributed by atoms with van der Waals surface area (Å²) in [5.41, 5.74) is 3.65. The average molecular weight is 334 g/mol. The van der Waals surface area contributed by atoms with Gasteiger partial charge in [0.25, 0.3) is 0 Å². The number of rotatable bonds is 5. The van der Waals surface area contributed by atoms with Gasteiger partial charge in [0.05, 0.1) is 0 Å². The first-order valence-electron chi connectivity index (χ1n) is 8.70. The lowest BCUT2D eigenvalue weighted by Crippen LogP contribution is -1.84. The van der Waals surface area contributed by atoms with Crippen LogP contribution in [0.5, 0.6) is 11.5 Å². The minimum absolute atomic E-state index is 0.844. The fourth-order valence-electron chi connectivity index (χ4n) is 2.29. The quantitative estimate of drug-likeness (QED) is 0.530. The van der Waals surface area contributed by atoms with E-state index in [1.165, 1.54) is 16.7 Å². The lowest BCUT2D eigenvalue weighted by atomic mass is 10.1. The Kier molecular flexibility index (Phi) is 7.74. The van der Waals surface area contributed by atoms with E-state index in [4.69, 9.17) is 9.47 Å². The fraction of sp³-hybridized carbons (Fsp3) is 0.217. The van der Waals surface area contributed by atoms with Crippen LogP contribution in [0.4, 0.5) is 0 Å². The molecule has 3 aromatic rings. The van der Waals surface area contributed by atoms with Gasteiger partial charge < -0.3 is 9.47 Å². The molecule has 130 valence electrons. The van der Waals surface area contributed by atoms with Crippen molar-refractivity contribution >= 4 is 0 Å². The summed E-state index contributed by atoms with van der Waals surface area (Å²) < 4.78 is 10.7. The molecule has 3 rings (SSSR count). The first kappa shape index (κ1) is 18.8. The summed E-state index contributed by atoms with van der Waals surface area (Å²) in [6.07, 6.45) is 0. The molecule has 2 heteroatoms. The lowest BCUT2D eigenvalue weighted by molar-refractivity contribution is 0.162. The zero-order valence-corrected chi connectivity index (χ0v) is 15.2. The van der Waals surface area contributed by atoms with E-state index in [1.54, 1.807) is 0 Å². The van der Waals surface area contributed by atoms with Crippen molar-refractivity contribution in [2.75, 3.05) is 13.2 Å². The standard InChI is InChI=1S/C19H16O.C4H10O/c1-15-7-11-18(12-8-15)20-19-13-9-17(10-14-19)16-5-3-2-4-6-16;1-3-5-4-2/h2-14H,1H3;3-4H2,1-2H3. The second-order valence-corrected chi connectivity index (χ2v) is 5.59. The predicted molar refractivity (Wildman–Crippen MR) is 105 cm³/mol. The average Bonchev–Trinajstić information content (AvgIpc) is 2.66. The Balaban J connectivity index is 0.000000399. The minimum Gasteiger partial charge on any atom is -0.457 e. The van der Waals surface area contributed by atoms with Crippen LogP contribution >= 0.6 is 0 Å². The highest BCUT2D eigenvalue weighted by atomic mass is 16.5. The zero-order valence-electron chi connectivity index (χ0n) is 15.2. The minimum atomic E-state index is 0.844. The molecule has 0 aromatic heterocycles. The van der Waals surface area contributed by atoms with Gasteiger partial charge in [-0.2, -0.15) is 0 Å². The summed E-state index contributed by atoms with van der Waals surface area (Å²) in [6.45, 7) is 7.73. The number of hydrogen-bond acceptors (Lipinski definition) is 2.